The van der Waals surface area contributed by atoms with Crippen LogP contribution in [0.15, 0.2) is 77.8 Å². The number of benzene rings is 2. The minimum Gasteiger partial charge on any atom is -0.491 e. The van der Waals surface area contributed by atoms with Crippen LogP contribution < -0.4 is 10.1 Å². The summed E-state index contributed by atoms with van der Waals surface area (Å²) in [4.78, 5) is 9.22. The lowest BCUT2D eigenvalue weighted by atomic mass is 10.1. The van der Waals surface area contributed by atoms with Crippen molar-refractivity contribution in [2.45, 2.75) is 43.5 Å². The first-order valence-corrected chi connectivity index (χ1v) is 14.7. The highest BCUT2D eigenvalue weighted by molar-refractivity contribution is 7.86. The van der Waals surface area contributed by atoms with Crippen LogP contribution in [0.25, 0.3) is 22.2 Å². The summed E-state index contributed by atoms with van der Waals surface area (Å²) in [5.41, 5.74) is 3.53. The molecule has 5 rings (SSSR count). The first-order valence-electron chi connectivity index (χ1n) is 13.3. The lowest BCUT2D eigenvalue weighted by Gasteiger charge is -2.27. The highest BCUT2D eigenvalue weighted by atomic mass is 32.2. The Kier molecular flexibility index (Phi) is 8.91. The Morgan fingerprint density at radius 1 is 1.02 bits per heavy atom. The smallest absolute Gasteiger partial charge is 0.297 e. The Morgan fingerprint density at radius 2 is 1.88 bits per heavy atom. The van der Waals surface area contributed by atoms with Crippen LogP contribution in [0.1, 0.15) is 24.8 Å². The molecule has 4 aromatic rings. The first-order chi connectivity index (χ1) is 19.4. The van der Waals surface area contributed by atoms with Crippen molar-refractivity contribution < 1.29 is 26.8 Å². The molecule has 210 valence electrons. The molecule has 10 heteroatoms. The van der Waals surface area contributed by atoms with Crippen LogP contribution in [-0.2, 0) is 23.8 Å². The van der Waals surface area contributed by atoms with E-state index in [4.69, 9.17) is 23.4 Å². The quantitative estimate of drug-likeness (QED) is 0.242. The fourth-order valence-corrected chi connectivity index (χ4v) is 5.27. The number of aromatic nitrogens is 2. The van der Waals surface area contributed by atoms with Gasteiger partial charge in [0.05, 0.1) is 22.7 Å². The monoisotopic (exact) mass is 563 g/mol. The Hall–Kier alpha value is -3.57. The number of ether oxygens (including phenoxy) is 3. The van der Waals surface area contributed by atoms with E-state index in [0.717, 1.165) is 52.8 Å². The third-order valence-electron chi connectivity index (χ3n) is 6.61. The standard InChI is InChI=1S/C30H33N3O6S/c1-21-6-11-26(12-7-21)40(34,35)38-20-25(39-30-5-3-4-16-36-30)19-37-24-10-14-27-22(17-24)8-13-28(33-27)23-9-15-29(31-2)32-18-23/h6-15,17-18,25,30H,3-5,16,19-20H2,1-2H3,(H,31,32)/t25-,30?/m1/s1. The lowest BCUT2D eigenvalue weighted by molar-refractivity contribution is -0.198. The molecular formula is C30H33N3O6S. The molecule has 1 unspecified atom stereocenters. The third kappa shape index (κ3) is 7.14. The summed E-state index contributed by atoms with van der Waals surface area (Å²) >= 11 is 0. The molecule has 1 saturated heterocycles. The van der Waals surface area contributed by atoms with Gasteiger partial charge < -0.3 is 19.5 Å². The van der Waals surface area contributed by atoms with Crippen LogP contribution >= 0.6 is 0 Å². The first kappa shape index (κ1) is 28.0. The van der Waals surface area contributed by atoms with Crippen molar-refractivity contribution in [3.8, 4) is 17.0 Å². The normalized spacial score (nSPS) is 16.5. The second-order valence-corrected chi connectivity index (χ2v) is 11.3. The second kappa shape index (κ2) is 12.7. The molecule has 3 heterocycles. The summed E-state index contributed by atoms with van der Waals surface area (Å²) in [6.45, 7) is 2.39. The predicted octanol–water partition coefficient (Wildman–Crippen LogP) is 5.34. The number of hydrogen-bond acceptors (Lipinski definition) is 9. The zero-order valence-corrected chi connectivity index (χ0v) is 23.4. The molecule has 2 atom stereocenters. The van der Waals surface area contributed by atoms with Crippen LogP contribution in [0.2, 0.25) is 0 Å². The third-order valence-corrected chi connectivity index (χ3v) is 7.91. The van der Waals surface area contributed by atoms with Crippen LogP contribution in [0.3, 0.4) is 0 Å². The molecule has 1 N–H and O–H groups in total. The van der Waals surface area contributed by atoms with Gasteiger partial charge in [0.1, 0.15) is 24.3 Å². The number of nitrogens with one attached hydrogen (secondary N) is 1. The van der Waals surface area contributed by atoms with Gasteiger partial charge in [0.2, 0.25) is 0 Å². The number of aryl methyl sites for hydroxylation is 1. The fraction of sp³-hybridized carbons (Fsp3) is 0.333. The Morgan fingerprint density at radius 3 is 2.60 bits per heavy atom. The topological polar surface area (TPSA) is 109 Å². The highest BCUT2D eigenvalue weighted by Crippen LogP contribution is 2.25. The lowest BCUT2D eigenvalue weighted by Crippen LogP contribution is -2.35. The molecule has 0 amide bonds. The maximum atomic E-state index is 12.8. The summed E-state index contributed by atoms with van der Waals surface area (Å²) in [5.74, 6) is 1.41. The molecule has 0 bridgehead atoms. The van der Waals surface area contributed by atoms with Gasteiger partial charge in [-0.1, -0.05) is 23.8 Å². The van der Waals surface area contributed by atoms with Crippen LogP contribution in [0.4, 0.5) is 5.82 Å². The predicted molar refractivity (Wildman–Crippen MR) is 153 cm³/mol. The number of anilines is 1. The molecule has 0 spiro atoms. The van der Waals surface area contributed by atoms with Gasteiger partial charge in [0.15, 0.2) is 6.29 Å². The number of rotatable bonds is 11. The van der Waals surface area contributed by atoms with E-state index in [1.54, 1.807) is 18.3 Å². The van der Waals surface area contributed by atoms with E-state index in [9.17, 15) is 8.42 Å². The number of pyridine rings is 2. The molecule has 1 aliphatic rings. The summed E-state index contributed by atoms with van der Waals surface area (Å²) < 4.78 is 48.7. The largest absolute Gasteiger partial charge is 0.491 e. The van der Waals surface area contributed by atoms with Crippen molar-refractivity contribution in [3.05, 3.63) is 78.5 Å². The van der Waals surface area contributed by atoms with Crippen LogP contribution in [0.5, 0.6) is 5.75 Å². The Labute approximate surface area is 234 Å². The molecule has 2 aromatic carbocycles. The summed E-state index contributed by atoms with van der Waals surface area (Å²) in [5, 5.41) is 3.92. The average Bonchev–Trinajstić information content (AvgIpc) is 2.99. The highest BCUT2D eigenvalue weighted by Gasteiger charge is 2.24. The van der Waals surface area contributed by atoms with Gasteiger partial charge in [0, 0.05) is 30.8 Å². The van der Waals surface area contributed by atoms with E-state index in [1.165, 1.54) is 12.1 Å². The Bertz CT molecular complexity index is 1520. The van der Waals surface area contributed by atoms with E-state index in [1.807, 2.05) is 56.4 Å². The van der Waals surface area contributed by atoms with Gasteiger partial charge >= 0.3 is 0 Å². The molecule has 0 aliphatic carbocycles. The van der Waals surface area contributed by atoms with Crippen LogP contribution in [-0.4, -0.2) is 57.6 Å². The molecule has 0 radical (unpaired) electrons. The molecule has 9 nitrogen and oxygen atoms in total. The van der Waals surface area contributed by atoms with Gasteiger partial charge in [-0.2, -0.15) is 8.42 Å². The van der Waals surface area contributed by atoms with E-state index in [-0.39, 0.29) is 18.1 Å². The van der Waals surface area contributed by atoms with Crippen molar-refractivity contribution in [2.75, 3.05) is 32.2 Å². The van der Waals surface area contributed by atoms with E-state index in [0.29, 0.717) is 12.4 Å². The van der Waals surface area contributed by atoms with Gasteiger partial charge in [-0.15, -0.1) is 0 Å². The summed E-state index contributed by atoms with van der Waals surface area (Å²) in [6.07, 6.45) is 3.39. The zero-order chi connectivity index (χ0) is 28.0. The van der Waals surface area contributed by atoms with E-state index < -0.39 is 22.5 Å². The summed E-state index contributed by atoms with van der Waals surface area (Å²) in [7, 11) is -2.12. The van der Waals surface area contributed by atoms with Gasteiger partial charge in [-0.05, 0) is 74.7 Å². The van der Waals surface area contributed by atoms with Crippen molar-refractivity contribution in [1.82, 2.24) is 9.97 Å². The molecule has 2 aromatic heterocycles. The number of nitrogens with zero attached hydrogens (tertiary/aromatic N) is 2. The fourth-order valence-electron chi connectivity index (χ4n) is 4.33. The Balaban J connectivity index is 1.26. The minimum atomic E-state index is -3.95. The number of hydrogen-bond donors (Lipinski definition) is 1. The van der Waals surface area contributed by atoms with E-state index >= 15 is 0 Å². The second-order valence-electron chi connectivity index (χ2n) is 9.65. The average molecular weight is 564 g/mol. The van der Waals surface area contributed by atoms with Crippen molar-refractivity contribution in [2.24, 2.45) is 0 Å². The molecule has 1 aliphatic heterocycles. The van der Waals surface area contributed by atoms with Crippen molar-refractivity contribution in [3.63, 3.8) is 0 Å². The SMILES string of the molecule is CNc1ccc(-c2ccc3cc(OC[C@H](COS(=O)(=O)c4ccc(C)cc4)OC4CCCCO4)ccc3n2)cn1. The number of fused-ring (bicyclic) bond motifs is 1. The molecule has 1 fully saturated rings. The summed E-state index contributed by atoms with van der Waals surface area (Å²) in [6, 6.07) is 20.0. The minimum absolute atomic E-state index is 0.0871. The van der Waals surface area contributed by atoms with Gasteiger partial charge in [-0.25, -0.2) is 9.97 Å². The van der Waals surface area contributed by atoms with Crippen molar-refractivity contribution >= 4 is 26.8 Å². The van der Waals surface area contributed by atoms with E-state index in [2.05, 4.69) is 10.3 Å². The molecule has 40 heavy (non-hydrogen) atoms. The van der Waals surface area contributed by atoms with Crippen LogP contribution in [0, 0.1) is 6.92 Å². The maximum absolute atomic E-state index is 12.8. The molecular weight excluding hydrogens is 530 g/mol. The molecule has 0 saturated carbocycles. The van der Waals surface area contributed by atoms with Gasteiger partial charge in [-0.3, -0.25) is 4.18 Å². The van der Waals surface area contributed by atoms with Gasteiger partial charge in [0.25, 0.3) is 10.1 Å². The maximum Gasteiger partial charge on any atom is 0.297 e. The van der Waals surface area contributed by atoms with Crippen molar-refractivity contribution in [1.29, 1.82) is 0 Å². The zero-order valence-electron chi connectivity index (χ0n) is 22.6.